The highest BCUT2D eigenvalue weighted by atomic mass is 32.1. The Morgan fingerprint density at radius 2 is 1.82 bits per heavy atom. The molecule has 0 aliphatic rings. The molecule has 2 aromatic carbocycles. The van der Waals surface area contributed by atoms with E-state index in [1.54, 1.807) is 12.4 Å². The zero-order chi connectivity index (χ0) is 23.6. The minimum atomic E-state index is -4.42. The summed E-state index contributed by atoms with van der Waals surface area (Å²) >= 11 is 1.08. The Bertz CT molecular complexity index is 1270. The van der Waals surface area contributed by atoms with Gasteiger partial charge in [-0.2, -0.15) is 23.4 Å². The zero-order valence-corrected chi connectivity index (χ0v) is 17.7. The largest absolute Gasteiger partial charge is 0.465 e. The summed E-state index contributed by atoms with van der Waals surface area (Å²) in [5.74, 6) is 0. The molecular formula is C21H17F3N6O2S. The number of carbonyl (C=O) groups is 1. The molecular weight excluding hydrogens is 457 g/mol. The Hall–Kier alpha value is -3.64. The van der Waals surface area contributed by atoms with Gasteiger partial charge in [0.05, 0.1) is 18.0 Å². The Morgan fingerprint density at radius 3 is 2.52 bits per heavy atom. The van der Waals surface area contributed by atoms with Crippen LogP contribution >= 0.6 is 11.3 Å². The SMILES string of the molecule is N[C@@H](Cc1ccc(C(F)(F)F)cc1)CN(C(=O)O)c1nnc(-c2cccc3cnncc23)s1. The van der Waals surface area contributed by atoms with Crippen LogP contribution < -0.4 is 10.6 Å². The highest BCUT2D eigenvalue weighted by Crippen LogP contribution is 2.33. The molecule has 2 heterocycles. The summed E-state index contributed by atoms with van der Waals surface area (Å²) in [7, 11) is 0. The first-order valence-corrected chi connectivity index (χ1v) is 10.5. The number of alkyl halides is 3. The van der Waals surface area contributed by atoms with Crippen LogP contribution in [-0.2, 0) is 12.6 Å². The van der Waals surface area contributed by atoms with E-state index in [4.69, 9.17) is 5.73 Å². The number of nitrogens with zero attached hydrogens (tertiary/aromatic N) is 5. The molecule has 3 N–H and O–H groups in total. The van der Waals surface area contributed by atoms with Crippen molar-refractivity contribution >= 4 is 33.3 Å². The van der Waals surface area contributed by atoms with Crippen molar-refractivity contribution in [3.63, 3.8) is 0 Å². The molecule has 0 radical (unpaired) electrons. The first kappa shape index (κ1) is 22.6. The van der Waals surface area contributed by atoms with Gasteiger partial charge >= 0.3 is 12.3 Å². The van der Waals surface area contributed by atoms with Crippen molar-refractivity contribution in [1.82, 2.24) is 20.4 Å². The fourth-order valence-electron chi connectivity index (χ4n) is 3.32. The molecule has 0 aliphatic carbocycles. The molecule has 4 aromatic rings. The molecule has 1 amide bonds. The van der Waals surface area contributed by atoms with Gasteiger partial charge in [-0.1, -0.05) is 41.7 Å². The lowest BCUT2D eigenvalue weighted by Crippen LogP contribution is -2.41. The number of anilines is 1. The van der Waals surface area contributed by atoms with Crippen LogP contribution in [0.1, 0.15) is 11.1 Å². The fraction of sp³-hybridized carbons (Fsp3) is 0.190. The Labute approximate surface area is 189 Å². The third kappa shape index (κ3) is 5.07. The highest BCUT2D eigenvalue weighted by molar-refractivity contribution is 7.18. The number of nitrogens with two attached hydrogens (primary N) is 1. The van der Waals surface area contributed by atoms with E-state index in [-0.39, 0.29) is 18.1 Å². The maximum atomic E-state index is 12.7. The summed E-state index contributed by atoms with van der Waals surface area (Å²) in [5, 5.41) is 27.9. The second-order valence-electron chi connectivity index (χ2n) is 7.24. The summed E-state index contributed by atoms with van der Waals surface area (Å²) in [5.41, 5.74) is 6.66. The van der Waals surface area contributed by atoms with Crippen molar-refractivity contribution in [2.45, 2.75) is 18.6 Å². The minimum absolute atomic E-state index is 0.105. The van der Waals surface area contributed by atoms with Crippen LogP contribution in [0.4, 0.5) is 23.1 Å². The summed E-state index contributed by atoms with van der Waals surface area (Å²) in [4.78, 5) is 12.9. The third-order valence-corrected chi connectivity index (χ3v) is 5.87. The molecule has 0 aliphatic heterocycles. The van der Waals surface area contributed by atoms with Crippen LogP contribution in [0.5, 0.6) is 0 Å². The summed E-state index contributed by atoms with van der Waals surface area (Å²) in [6, 6.07) is 9.48. The van der Waals surface area contributed by atoms with Crippen LogP contribution in [0.2, 0.25) is 0 Å². The van der Waals surface area contributed by atoms with Crippen molar-refractivity contribution in [2.24, 2.45) is 5.73 Å². The van der Waals surface area contributed by atoms with E-state index in [1.807, 2.05) is 18.2 Å². The zero-order valence-electron chi connectivity index (χ0n) is 16.9. The van der Waals surface area contributed by atoms with E-state index < -0.39 is 23.9 Å². The molecule has 33 heavy (non-hydrogen) atoms. The molecule has 0 bridgehead atoms. The predicted octanol–water partition coefficient (Wildman–Crippen LogP) is 4.22. The molecule has 2 aromatic heterocycles. The van der Waals surface area contributed by atoms with Gasteiger partial charge in [0.25, 0.3) is 0 Å². The average molecular weight is 474 g/mol. The molecule has 0 fully saturated rings. The average Bonchev–Trinajstić information content (AvgIpc) is 3.26. The molecule has 170 valence electrons. The maximum absolute atomic E-state index is 12.7. The van der Waals surface area contributed by atoms with E-state index >= 15 is 0 Å². The van der Waals surface area contributed by atoms with Crippen LogP contribution in [-0.4, -0.2) is 44.2 Å². The lowest BCUT2D eigenvalue weighted by molar-refractivity contribution is -0.137. The van der Waals surface area contributed by atoms with Gasteiger partial charge in [-0.05, 0) is 24.1 Å². The molecule has 4 rings (SSSR count). The van der Waals surface area contributed by atoms with Gasteiger partial charge in [0.2, 0.25) is 5.13 Å². The van der Waals surface area contributed by atoms with Crippen molar-refractivity contribution in [1.29, 1.82) is 0 Å². The topological polar surface area (TPSA) is 118 Å². The number of fused-ring (bicyclic) bond motifs is 1. The summed E-state index contributed by atoms with van der Waals surface area (Å²) in [6.07, 6.45) is -2.28. The molecule has 0 spiro atoms. The number of hydrogen-bond acceptors (Lipinski definition) is 7. The van der Waals surface area contributed by atoms with Crippen LogP contribution in [0, 0.1) is 0 Å². The third-order valence-electron chi connectivity index (χ3n) is 4.89. The van der Waals surface area contributed by atoms with Gasteiger partial charge in [0.15, 0.2) is 0 Å². The normalized spacial score (nSPS) is 12.6. The number of halogens is 3. The van der Waals surface area contributed by atoms with Crippen LogP contribution in [0.15, 0.2) is 54.9 Å². The van der Waals surface area contributed by atoms with Crippen molar-refractivity contribution in [2.75, 3.05) is 11.4 Å². The van der Waals surface area contributed by atoms with Gasteiger partial charge in [-0.15, -0.1) is 10.2 Å². The lowest BCUT2D eigenvalue weighted by Gasteiger charge is -2.20. The van der Waals surface area contributed by atoms with Gasteiger partial charge in [0, 0.05) is 28.9 Å². The van der Waals surface area contributed by atoms with Crippen molar-refractivity contribution in [3.8, 4) is 10.6 Å². The van der Waals surface area contributed by atoms with Gasteiger partial charge < -0.3 is 10.8 Å². The first-order valence-electron chi connectivity index (χ1n) is 9.68. The van der Waals surface area contributed by atoms with Gasteiger partial charge in [-0.3, -0.25) is 4.90 Å². The minimum Gasteiger partial charge on any atom is -0.465 e. The number of amides is 1. The Kier molecular flexibility index (Phi) is 6.20. The Morgan fingerprint density at radius 1 is 1.09 bits per heavy atom. The Balaban J connectivity index is 1.51. The van der Waals surface area contributed by atoms with Gasteiger partial charge in [0.1, 0.15) is 5.01 Å². The standard InChI is InChI=1S/C21H17F3N6O2S/c22-21(23,24)14-6-4-12(5-7-14)8-15(25)11-30(20(31)32)19-29-28-18(33-19)16-3-1-2-13-9-26-27-10-17(13)16/h1-7,9-10,15H,8,11,25H2,(H,31,32)/t15-/m0/s1. The second-order valence-corrected chi connectivity index (χ2v) is 8.20. The molecule has 12 heteroatoms. The second kappa shape index (κ2) is 9.08. The van der Waals surface area contributed by atoms with Crippen molar-refractivity contribution < 1.29 is 23.1 Å². The molecule has 8 nitrogen and oxygen atoms in total. The smallest absolute Gasteiger partial charge is 0.416 e. The summed E-state index contributed by atoms with van der Waals surface area (Å²) in [6.45, 7) is -0.105. The number of carboxylic acid groups (broad SMARTS) is 1. The van der Waals surface area contributed by atoms with E-state index in [1.165, 1.54) is 12.1 Å². The molecule has 0 saturated carbocycles. The van der Waals surface area contributed by atoms with E-state index in [0.29, 0.717) is 10.6 Å². The molecule has 0 saturated heterocycles. The number of aromatic nitrogens is 4. The first-order chi connectivity index (χ1) is 15.7. The number of hydrogen-bond donors (Lipinski definition) is 2. The predicted molar refractivity (Wildman–Crippen MR) is 117 cm³/mol. The monoisotopic (exact) mass is 474 g/mol. The van der Waals surface area contributed by atoms with Crippen molar-refractivity contribution in [3.05, 3.63) is 66.0 Å². The number of benzene rings is 2. The fourth-order valence-corrected chi connectivity index (χ4v) is 4.20. The van der Waals surface area contributed by atoms with E-state index in [9.17, 15) is 23.1 Å². The molecule has 0 unspecified atom stereocenters. The lowest BCUT2D eigenvalue weighted by atomic mass is 10.0. The highest BCUT2D eigenvalue weighted by Gasteiger charge is 2.30. The quantitative estimate of drug-likeness (QED) is 0.430. The van der Waals surface area contributed by atoms with Gasteiger partial charge in [-0.25, -0.2) is 4.79 Å². The maximum Gasteiger partial charge on any atom is 0.416 e. The number of rotatable bonds is 6. The van der Waals surface area contributed by atoms with E-state index in [2.05, 4.69) is 20.4 Å². The van der Waals surface area contributed by atoms with Crippen LogP contribution in [0.3, 0.4) is 0 Å². The molecule has 1 atom stereocenters. The summed E-state index contributed by atoms with van der Waals surface area (Å²) < 4.78 is 38.2. The van der Waals surface area contributed by atoms with Crippen LogP contribution in [0.25, 0.3) is 21.3 Å². The van der Waals surface area contributed by atoms with E-state index in [0.717, 1.165) is 44.7 Å².